The molecule has 0 radical (unpaired) electrons. The summed E-state index contributed by atoms with van der Waals surface area (Å²) in [6.07, 6.45) is 0. The molecule has 33 heavy (non-hydrogen) atoms. The minimum absolute atomic E-state index is 0.106. The monoisotopic (exact) mass is 510 g/mol. The zero-order valence-corrected chi connectivity index (χ0v) is 19.9. The van der Waals surface area contributed by atoms with Gasteiger partial charge in [0, 0.05) is 16.1 Å². The summed E-state index contributed by atoms with van der Waals surface area (Å²) in [6.45, 7) is 4.65. The van der Waals surface area contributed by atoms with Gasteiger partial charge in [0.05, 0.1) is 18.8 Å². The Kier molecular flexibility index (Phi) is 6.84. The quantitative estimate of drug-likeness (QED) is 0.258. The Balaban J connectivity index is 1.92. The third kappa shape index (κ3) is 4.52. The number of aromatic nitrogens is 2. The van der Waals surface area contributed by atoms with Crippen molar-refractivity contribution in [2.24, 2.45) is 0 Å². The second kappa shape index (κ2) is 9.95. The van der Waals surface area contributed by atoms with Crippen molar-refractivity contribution in [1.82, 2.24) is 4.73 Å². The molecule has 0 saturated carbocycles. The number of hydrogen-bond acceptors (Lipinski definition) is 5. The molecular weight excluding hydrogens is 488 g/mol. The number of benzene rings is 3. The van der Waals surface area contributed by atoms with Gasteiger partial charge in [-0.25, -0.2) is 0 Å². The van der Waals surface area contributed by atoms with E-state index in [-0.39, 0.29) is 12.3 Å². The van der Waals surface area contributed by atoms with Gasteiger partial charge in [-0.2, -0.15) is 4.73 Å². The zero-order chi connectivity index (χ0) is 23.4. The Bertz CT molecular complexity index is 1350. The first-order valence-electron chi connectivity index (χ1n) is 10.6. The number of halogens is 1. The summed E-state index contributed by atoms with van der Waals surface area (Å²) >= 11 is 3.50. The summed E-state index contributed by atoms with van der Waals surface area (Å²) in [5.41, 5.74) is 1.17. The van der Waals surface area contributed by atoms with Crippen molar-refractivity contribution in [3.8, 4) is 22.8 Å². The minimum atomic E-state index is -0.592. The van der Waals surface area contributed by atoms with E-state index in [9.17, 15) is 10.0 Å². The summed E-state index contributed by atoms with van der Waals surface area (Å²) in [4.78, 5) is 19.6. The first-order valence-corrected chi connectivity index (χ1v) is 11.4. The molecule has 0 unspecified atom stereocenters. The first-order chi connectivity index (χ1) is 16.0. The summed E-state index contributed by atoms with van der Waals surface area (Å²) in [7, 11) is 0. The maximum Gasteiger partial charge on any atom is 0.357 e. The van der Waals surface area contributed by atoms with E-state index >= 15 is 0 Å². The maximum atomic E-state index is 13.6. The number of nitrogens with zero attached hydrogens (tertiary/aromatic N) is 2. The lowest BCUT2D eigenvalue weighted by Crippen LogP contribution is -2.43. The maximum absolute atomic E-state index is 13.6. The highest BCUT2D eigenvalue weighted by Crippen LogP contribution is 2.31. The number of rotatable bonds is 8. The highest BCUT2D eigenvalue weighted by molar-refractivity contribution is 9.10. The molecule has 8 heteroatoms. The van der Waals surface area contributed by atoms with Crippen LogP contribution < -0.4 is 24.6 Å². The minimum Gasteiger partial charge on any atom is -0.618 e. The van der Waals surface area contributed by atoms with Gasteiger partial charge in [-0.3, -0.25) is 4.79 Å². The largest absolute Gasteiger partial charge is 0.618 e. The van der Waals surface area contributed by atoms with Gasteiger partial charge in [-0.05, 0) is 44.2 Å². The van der Waals surface area contributed by atoms with E-state index in [1.54, 1.807) is 42.5 Å². The van der Waals surface area contributed by atoms with Gasteiger partial charge in [0.15, 0.2) is 5.52 Å². The molecular formula is C25H23BrN2O5. The molecule has 4 aromatic rings. The summed E-state index contributed by atoms with van der Waals surface area (Å²) in [5, 5.41) is 13.4. The molecule has 0 amide bonds. The Morgan fingerprint density at radius 1 is 0.970 bits per heavy atom. The van der Waals surface area contributed by atoms with E-state index in [2.05, 4.69) is 15.9 Å². The summed E-state index contributed by atoms with van der Waals surface area (Å²) in [5.74, 6) is 0.944. The SMILES string of the molecule is CCOc1ccc(OCC)c(-c2c(=O)n(OCc3ccccc3Br)c3ccccc3[n+]2[O-])c1. The third-order valence-electron chi connectivity index (χ3n) is 5.03. The molecule has 0 atom stereocenters. The van der Waals surface area contributed by atoms with Gasteiger partial charge in [0.25, 0.3) is 5.69 Å². The molecule has 1 heterocycles. The predicted molar refractivity (Wildman–Crippen MR) is 129 cm³/mol. The lowest BCUT2D eigenvalue weighted by molar-refractivity contribution is -0.566. The van der Waals surface area contributed by atoms with Crippen molar-refractivity contribution in [1.29, 1.82) is 0 Å². The fourth-order valence-electron chi connectivity index (χ4n) is 3.55. The van der Waals surface area contributed by atoms with Crippen molar-refractivity contribution in [2.75, 3.05) is 13.2 Å². The molecule has 0 saturated heterocycles. The van der Waals surface area contributed by atoms with E-state index < -0.39 is 5.56 Å². The topological polar surface area (TPSA) is 76.6 Å². The first kappa shape index (κ1) is 22.7. The van der Waals surface area contributed by atoms with Crippen molar-refractivity contribution < 1.29 is 19.0 Å². The molecule has 0 N–H and O–H groups in total. The standard InChI is InChI=1S/C25H23BrN2O5/c1-3-31-18-13-14-23(32-4-2)19(15-18)24-25(29)28(22-12-8-7-11-21(22)27(24)30)33-16-17-9-5-6-10-20(17)26/h5-15H,3-4,16H2,1-2H3. The molecule has 0 aliphatic heterocycles. The lowest BCUT2D eigenvalue weighted by atomic mass is 10.1. The molecule has 0 aliphatic rings. The van der Waals surface area contributed by atoms with E-state index in [4.69, 9.17) is 14.3 Å². The molecule has 4 rings (SSSR count). The molecule has 0 fully saturated rings. The van der Waals surface area contributed by atoms with Crippen LogP contribution in [0.5, 0.6) is 11.5 Å². The predicted octanol–water partition coefficient (Wildman–Crippen LogP) is 4.49. The number of fused-ring (bicyclic) bond motifs is 1. The van der Waals surface area contributed by atoms with Gasteiger partial charge in [0.2, 0.25) is 5.52 Å². The fraction of sp³-hybridized carbons (Fsp3) is 0.200. The van der Waals surface area contributed by atoms with Gasteiger partial charge in [-0.1, -0.05) is 46.3 Å². The second-order valence-corrected chi connectivity index (χ2v) is 7.97. The van der Waals surface area contributed by atoms with Crippen LogP contribution in [-0.4, -0.2) is 17.9 Å². The Morgan fingerprint density at radius 2 is 1.70 bits per heavy atom. The van der Waals surface area contributed by atoms with Crippen LogP contribution in [0.3, 0.4) is 0 Å². The molecule has 170 valence electrons. The van der Waals surface area contributed by atoms with Crippen LogP contribution in [0.15, 0.2) is 76.0 Å². The van der Waals surface area contributed by atoms with E-state index in [0.29, 0.717) is 46.0 Å². The summed E-state index contributed by atoms with van der Waals surface area (Å²) in [6, 6.07) is 19.5. The van der Waals surface area contributed by atoms with E-state index in [1.165, 1.54) is 4.73 Å². The van der Waals surface area contributed by atoms with Gasteiger partial charge in [0.1, 0.15) is 18.1 Å². The average Bonchev–Trinajstić information content (AvgIpc) is 2.82. The normalized spacial score (nSPS) is 10.9. The van der Waals surface area contributed by atoms with Gasteiger partial charge in [-0.15, -0.1) is 4.73 Å². The number of para-hydroxylation sites is 2. The smallest absolute Gasteiger partial charge is 0.357 e. The Morgan fingerprint density at radius 3 is 2.45 bits per heavy atom. The number of hydrogen-bond donors (Lipinski definition) is 0. The van der Waals surface area contributed by atoms with E-state index in [1.807, 2.05) is 38.1 Å². The fourth-order valence-corrected chi connectivity index (χ4v) is 3.95. The molecule has 0 spiro atoms. The van der Waals surface area contributed by atoms with Crippen molar-refractivity contribution in [2.45, 2.75) is 20.5 Å². The summed E-state index contributed by atoms with van der Waals surface area (Å²) < 4.78 is 14.0. The highest BCUT2D eigenvalue weighted by Gasteiger charge is 2.27. The van der Waals surface area contributed by atoms with Crippen LogP contribution in [0.25, 0.3) is 22.3 Å². The van der Waals surface area contributed by atoms with Crippen LogP contribution in [0, 0.1) is 5.21 Å². The van der Waals surface area contributed by atoms with Crippen LogP contribution in [0.2, 0.25) is 0 Å². The van der Waals surface area contributed by atoms with Gasteiger partial charge < -0.3 is 19.5 Å². The van der Waals surface area contributed by atoms with Gasteiger partial charge >= 0.3 is 5.56 Å². The zero-order valence-electron chi connectivity index (χ0n) is 18.3. The van der Waals surface area contributed by atoms with Crippen LogP contribution in [-0.2, 0) is 6.61 Å². The third-order valence-corrected chi connectivity index (χ3v) is 5.81. The molecule has 7 nitrogen and oxygen atoms in total. The van der Waals surface area contributed by atoms with Crippen LogP contribution >= 0.6 is 15.9 Å². The van der Waals surface area contributed by atoms with E-state index in [0.717, 1.165) is 10.0 Å². The molecule has 3 aromatic carbocycles. The van der Waals surface area contributed by atoms with Crippen LogP contribution in [0.1, 0.15) is 19.4 Å². The second-order valence-electron chi connectivity index (χ2n) is 7.12. The lowest BCUT2D eigenvalue weighted by Gasteiger charge is -2.16. The molecule has 0 bridgehead atoms. The molecule has 0 aliphatic carbocycles. The Labute approximate surface area is 199 Å². The highest BCUT2D eigenvalue weighted by atomic mass is 79.9. The average molecular weight is 511 g/mol. The van der Waals surface area contributed by atoms with Crippen molar-refractivity contribution in [3.05, 3.63) is 92.3 Å². The molecule has 1 aromatic heterocycles. The van der Waals surface area contributed by atoms with Crippen LogP contribution in [0.4, 0.5) is 0 Å². The Hall–Kier alpha value is -3.52. The van der Waals surface area contributed by atoms with Crippen molar-refractivity contribution >= 4 is 27.0 Å². The number of ether oxygens (including phenoxy) is 2. The van der Waals surface area contributed by atoms with Crippen molar-refractivity contribution in [3.63, 3.8) is 0 Å².